The Hall–Kier alpha value is -4.06. The van der Waals surface area contributed by atoms with Crippen molar-refractivity contribution in [3.8, 4) is 17.0 Å². The molecular formula is C25H27ClFN7O4. The highest BCUT2D eigenvalue weighted by molar-refractivity contribution is 6.33. The van der Waals surface area contributed by atoms with Gasteiger partial charge in [-0.3, -0.25) is 14.6 Å². The average Bonchev–Trinajstić information content (AvgIpc) is 3.37. The zero-order valence-corrected chi connectivity index (χ0v) is 22.1. The van der Waals surface area contributed by atoms with Crippen LogP contribution in [-0.4, -0.2) is 81.6 Å². The molecule has 0 bridgehead atoms. The molecule has 0 aliphatic carbocycles. The number of hydrogen-bond acceptors (Lipinski definition) is 8. The number of amides is 2. The van der Waals surface area contributed by atoms with E-state index in [1.54, 1.807) is 11.9 Å². The second-order valence-electron chi connectivity index (χ2n) is 9.12. The highest BCUT2D eigenvalue weighted by Gasteiger charge is 2.32. The number of pyridine rings is 1. The minimum Gasteiger partial charge on any atom is -0.507 e. The molecule has 38 heavy (non-hydrogen) atoms. The molecule has 2 amide bonds. The number of benzene rings is 1. The summed E-state index contributed by atoms with van der Waals surface area (Å²) in [7, 11) is 1.59. The molecule has 1 N–H and O–H groups in total. The summed E-state index contributed by atoms with van der Waals surface area (Å²) in [6.45, 7) is 7.05. The zero-order valence-electron chi connectivity index (χ0n) is 21.3. The number of aliphatic imine (C=N–C) groups is 1. The Morgan fingerprint density at radius 2 is 2.05 bits per heavy atom. The number of carbonyl (C=O) groups is 2. The van der Waals surface area contributed by atoms with E-state index in [1.165, 1.54) is 24.3 Å². The van der Waals surface area contributed by atoms with E-state index in [4.69, 9.17) is 16.2 Å². The predicted molar refractivity (Wildman–Crippen MR) is 139 cm³/mol. The maximum Gasteiger partial charge on any atom is 0.221 e. The molecule has 3 heterocycles. The van der Waals surface area contributed by atoms with Crippen LogP contribution in [0.4, 0.5) is 16.0 Å². The number of piperazine rings is 1. The van der Waals surface area contributed by atoms with Crippen molar-refractivity contribution in [2.24, 2.45) is 4.99 Å². The van der Waals surface area contributed by atoms with Crippen molar-refractivity contribution in [2.75, 3.05) is 31.6 Å². The Kier molecular flexibility index (Phi) is 7.91. The fourth-order valence-corrected chi connectivity index (χ4v) is 4.72. The summed E-state index contributed by atoms with van der Waals surface area (Å²) in [4.78, 5) is 37.7. The standard InChI is InChI=1S/C25H27ClFN7O4/c1-14(2)21-25(31-38-30-21)34(13-36)24-16(23(28-4)33-9-8-32(12-35)11-15(33)3)10-17(26)22(29-24)20-18(27)6-5-7-19(20)37/h5-7,10,12-15,37H,8-9,11H2,1-4H3. The number of nitrogens with zero attached hydrogens (tertiary/aromatic N) is 7. The molecule has 13 heteroatoms. The third-order valence-corrected chi connectivity index (χ3v) is 6.61. The first-order valence-electron chi connectivity index (χ1n) is 11.9. The fraction of sp³-hybridized carbons (Fsp3) is 0.360. The van der Waals surface area contributed by atoms with Crippen LogP contribution in [0.1, 0.15) is 37.9 Å². The maximum atomic E-state index is 14.9. The highest BCUT2D eigenvalue weighted by atomic mass is 35.5. The van der Waals surface area contributed by atoms with E-state index < -0.39 is 5.82 Å². The number of phenols is 1. The Balaban J connectivity index is 1.96. The number of hydrogen-bond donors (Lipinski definition) is 1. The number of aromatic hydroxyl groups is 1. The molecule has 0 radical (unpaired) electrons. The minimum atomic E-state index is -0.746. The summed E-state index contributed by atoms with van der Waals surface area (Å²) in [5.74, 6) is -0.685. The van der Waals surface area contributed by atoms with E-state index >= 15 is 0 Å². The van der Waals surface area contributed by atoms with Crippen molar-refractivity contribution in [2.45, 2.75) is 32.7 Å². The summed E-state index contributed by atoms with van der Waals surface area (Å²) in [5, 5.41) is 18.3. The quantitative estimate of drug-likeness (QED) is 0.272. The van der Waals surface area contributed by atoms with Crippen LogP contribution >= 0.6 is 11.6 Å². The lowest BCUT2D eigenvalue weighted by atomic mass is 10.1. The van der Waals surface area contributed by atoms with Gasteiger partial charge in [0.1, 0.15) is 23.1 Å². The molecule has 1 saturated heterocycles. The van der Waals surface area contributed by atoms with E-state index in [9.17, 15) is 19.1 Å². The number of carbonyl (C=O) groups excluding carboxylic acids is 2. The normalized spacial score (nSPS) is 16.2. The van der Waals surface area contributed by atoms with E-state index in [2.05, 4.69) is 20.3 Å². The highest BCUT2D eigenvalue weighted by Crippen LogP contribution is 2.40. The van der Waals surface area contributed by atoms with Gasteiger partial charge in [-0.15, -0.1) is 0 Å². The molecule has 3 aromatic rings. The van der Waals surface area contributed by atoms with Crippen molar-refractivity contribution in [3.63, 3.8) is 0 Å². The first kappa shape index (κ1) is 27.0. The largest absolute Gasteiger partial charge is 0.507 e. The van der Waals surface area contributed by atoms with Gasteiger partial charge in [0.2, 0.25) is 18.6 Å². The maximum absolute atomic E-state index is 14.9. The Morgan fingerprint density at radius 3 is 2.66 bits per heavy atom. The Labute approximate surface area is 223 Å². The number of aromatic nitrogens is 3. The smallest absolute Gasteiger partial charge is 0.221 e. The first-order valence-corrected chi connectivity index (χ1v) is 12.3. The molecular weight excluding hydrogens is 517 g/mol. The van der Waals surface area contributed by atoms with Crippen LogP contribution in [0.3, 0.4) is 0 Å². The molecule has 11 nitrogen and oxygen atoms in total. The van der Waals surface area contributed by atoms with Gasteiger partial charge < -0.3 is 14.9 Å². The van der Waals surface area contributed by atoms with Gasteiger partial charge in [0.05, 0.1) is 21.8 Å². The topological polar surface area (TPSA) is 128 Å². The van der Waals surface area contributed by atoms with E-state index in [1.807, 2.05) is 25.7 Å². The molecule has 1 unspecified atom stereocenters. The minimum absolute atomic E-state index is 0.0256. The van der Waals surface area contributed by atoms with Gasteiger partial charge in [-0.1, -0.05) is 36.7 Å². The number of halogens is 2. The lowest BCUT2D eigenvalue weighted by Gasteiger charge is -2.40. The molecule has 200 valence electrons. The zero-order chi connectivity index (χ0) is 27.6. The Bertz CT molecular complexity index is 1360. The number of phenolic OH excluding ortho intramolecular Hbond substituents is 1. The Morgan fingerprint density at radius 1 is 1.29 bits per heavy atom. The lowest BCUT2D eigenvalue weighted by Crippen LogP contribution is -2.53. The second kappa shape index (κ2) is 11.1. The van der Waals surface area contributed by atoms with Crippen molar-refractivity contribution in [1.29, 1.82) is 0 Å². The molecule has 0 saturated carbocycles. The van der Waals surface area contributed by atoms with Gasteiger partial charge in [0.25, 0.3) is 0 Å². The molecule has 1 aromatic carbocycles. The third kappa shape index (κ3) is 4.91. The van der Waals surface area contributed by atoms with Crippen LogP contribution in [-0.2, 0) is 9.59 Å². The van der Waals surface area contributed by atoms with Crippen LogP contribution < -0.4 is 4.90 Å². The van der Waals surface area contributed by atoms with E-state index in [-0.39, 0.29) is 45.6 Å². The van der Waals surface area contributed by atoms with Crippen LogP contribution in [0.15, 0.2) is 33.9 Å². The second-order valence-corrected chi connectivity index (χ2v) is 9.52. The van der Waals surface area contributed by atoms with Crippen LogP contribution in [0.2, 0.25) is 5.02 Å². The monoisotopic (exact) mass is 543 g/mol. The summed E-state index contributed by atoms with van der Waals surface area (Å²) in [6, 6.07) is 5.23. The van der Waals surface area contributed by atoms with Gasteiger partial charge in [-0.2, -0.15) is 0 Å². The van der Waals surface area contributed by atoms with Crippen LogP contribution in [0.5, 0.6) is 5.75 Å². The van der Waals surface area contributed by atoms with Gasteiger partial charge in [0, 0.05) is 38.6 Å². The summed E-state index contributed by atoms with van der Waals surface area (Å²) in [6.07, 6.45) is 1.30. The van der Waals surface area contributed by atoms with Gasteiger partial charge in [-0.25, -0.2) is 18.9 Å². The van der Waals surface area contributed by atoms with Gasteiger partial charge in [0.15, 0.2) is 5.82 Å². The van der Waals surface area contributed by atoms with Crippen molar-refractivity contribution in [1.82, 2.24) is 25.1 Å². The van der Waals surface area contributed by atoms with Crippen LogP contribution in [0.25, 0.3) is 11.3 Å². The summed E-state index contributed by atoms with van der Waals surface area (Å²) in [5.41, 5.74) is 0.456. The molecule has 0 spiro atoms. The lowest BCUT2D eigenvalue weighted by molar-refractivity contribution is -0.120. The molecule has 1 aliphatic heterocycles. The predicted octanol–water partition coefficient (Wildman–Crippen LogP) is 3.59. The number of anilines is 2. The van der Waals surface area contributed by atoms with Gasteiger partial charge in [-0.05, 0) is 30.3 Å². The van der Waals surface area contributed by atoms with E-state index in [0.717, 1.165) is 11.3 Å². The van der Waals surface area contributed by atoms with Crippen LogP contribution in [0, 0.1) is 5.82 Å². The third-order valence-electron chi connectivity index (χ3n) is 6.32. The molecule has 2 aromatic heterocycles. The molecule has 1 aliphatic rings. The number of rotatable bonds is 7. The molecule has 1 atom stereocenters. The molecule has 1 fully saturated rings. The summed E-state index contributed by atoms with van der Waals surface area (Å²) < 4.78 is 19.8. The SMILES string of the molecule is CN=C(c1cc(Cl)c(-c2c(O)cccc2F)nc1N(C=O)c1nonc1C(C)C)N1CCN(C=O)CC1C. The first-order chi connectivity index (χ1) is 18.2. The van der Waals surface area contributed by atoms with Crippen molar-refractivity contribution >= 4 is 41.9 Å². The fourth-order valence-electron chi connectivity index (χ4n) is 4.47. The van der Waals surface area contributed by atoms with Gasteiger partial charge >= 0.3 is 0 Å². The number of amidine groups is 1. The summed E-state index contributed by atoms with van der Waals surface area (Å²) >= 11 is 6.63. The van der Waals surface area contributed by atoms with Crippen molar-refractivity contribution < 1.29 is 23.7 Å². The molecule has 4 rings (SSSR count). The average molecular weight is 544 g/mol. The van der Waals surface area contributed by atoms with E-state index in [0.29, 0.717) is 43.1 Å². The van der Waals surface area contributed by atoms with Crippen molar-refractivity contribution in [3.05, 3.63) is 46.4 Å².